The van der Waals surface area contributed by atoms with Crippen LogP contribution in [0.15, 0.2) is 63.5 Å². The second-order valence-electron chi connectivity index (χ2n) is 4.64. The molecule has 0 saturated heterocycles. The third-order valence-corrected chi connectivity index (χ3v) is 4.37. The number of halogens is 3. The van der Waals surface area contributed by atoms with Crippen LogP contribution in [0.3, 0.4) is 0 Å². The summed E-state index contributed by atoms with van der Waals surface area (Å²) in [5, 5.41) is 1.97. The van der Waals surface area contributed by atoms with Gasteiger partial charge >= 0.3 is 0 Å². The Balaban J connectivity index is 2.09. The topological polar surface area (TPSA) is 17.1 Å². The first-order chi connectivity index (χ1) is 10.1. The van der Waals surface area contributed by atoms with E-state index in [1.54, 1.807) is 24.3 Å². The molecule has 0 bridgehead atoms. The molecule has 0 aliphatic heterocycles. The molecule has 0 amide bonds. The van der Waals surface area contributed by atoms with E-state index in [0.29, 0.717) is 5.56 Å². The van der Waals surface area contributed by atoms with E-state index in [-0.39, 0.29) is 15.8 Å². The van der Waals surface area contributed by atoms with Crippen LogP contribution in [0.2, 0.25) is 0 Å². The summed E-state index contributed by atoms with van der Waals surface area (Å²) >= 11 is 6.51. The fraction of sp³-hybridized carbons (Fsp3) is 0. The number of hydrogen-bond acceptors (Lipinski definition) is 1. The molecular formula is C17H9Br2FO. The Kier molecular flexibility index (Phi) is 3.91. The van der Waals surface area contributed by atoms with Crippen LogP contribution in [0, 0.1) is 5.82 Å². The van der Waals surface area contributed by atoms with Crippen LogP contribution in [0.25, 0.3) is 10.8 Å². The SMILES string of the molecule is O=C(c1ccc2cc(Br)ccc2c1)c1cccc(Br)c1F. The van der Waals surface area contributed by atoms with Gasteiger partial charge in [-0.3, -0.25) is 4.79 Å². The molecule has 0 aromatic heterocycles. The molecule has 0 spiro atoms. The maximum atomic E-state index is 14.0. The minimum Gasteiger partial charge on any atom is -0.288 e. The van der Waals surface area contributed by atoms with Crippen molar-refractivity contribution >= 4 is 48.4 Å². The zero-order valence-electron chi connectivity index (χ0n) is 10.7. The van der Waals surface area contributed by atoms with Gasteiger partial charge in [-0.05, 0) is 57.0 Å². The highest BCUT2D eigenvalue weighted by Gasteiger charge is 2.16. The molecule has 0 radical (unpaired) electrons. The lowest BCUT2D eigenvalue weighted by molar-refractivity contribution is 0.103. The monoisotopic (exact) mass is 406 g/mol. The Morgan fingerprint density at radius 2 is 1.62 bits per heavy atom. The molecule has 0 aliphatic carbocycles. The second kappa shape index (κ2) is 5.70. The van der Waals surface area contributed by atoms with Crippen molar-refractivity contribution in [2.24, 2.45) is 0 Å². The van der Waals surface area contributed by atoms with E-state index in [9.17, 15) is 9.18 Å². The fourth-order valence-electron chi connectivity index (χ4n) is 2.19. The molecule has 0 unspecified atom stereocenters. The van der Waals surface area contributed by atoms with Crippen LogP contribution in [0.1, 0.15) is 15.9 Å². The van der Waals surface area contributed by atoms with Gasteiger partial charge < -0.3 is 0 Å². The normalized spacial score (nSPS) is 10.8. The van der Waals surface area contributed by atoms with Crippen LogP contribution >= 0.6 is 31.9 Å². The molecule has 3 rings (SSSR count). The smallest absolute Gasteiger partial charge is 0.196 e. The molecule has 0 heterocycles. The summed E-state index contributed by atoms with van der Waals surface area (Å²) in [6.45, 7) is 0. The van der Waals surface area contributed by atoms with Gasteiger partial charge in [0.25, 0.3) is 0 Å². The zero-order valence-corrected chi connectivity index (χ0v) is 13.9. The van der Waals surface area contributed by atoms with Crippen molar-refractivity contribution in [3.05, 3.63) is 80.5 Å². The van der Waals surface area contributed by atoms with Crippen molar-refractivity contribution in [3.8, 4) is 0 Å². The van der Waals surface area contributed by atoms with Crippen molar-refractivity contribution in [2.75, 3.05) is 0 Å². The summed E-state index contributed by atoms with van der Waals surface area (Å²) in [5.74, 6) is -0.850. The van der Waals surface area contributed by atoms with Crippen molar-refractivity contribution in [1.29, 1.82) is 0 Å². The minimum atomic E-state index is -0.529. The molecule has 3 aromatic rings. The number of carbonyl (C=O) groups is 1. The highest BCUT2D eigenvalue weighted by Crippen LogP contribution is 2.24. The molecule has 0 fully saturated rings. The molecule has 3 aromatic carbocycles. The largest absolute Gasteiger partial charge is 0.288 e. The third-order valence-electron chi connectivity index (χ3n) is 3.26. The summed E-state index contributed by atoms with van der Waals surface area (Å²) in [5.41, 5.74) is 0.544. The molecule has 0 saturated carbocycles. The third kappa shape index (κ3) is 2.78. The highest BCUT2D eigenvalue weighted by atomic mass is 79.9. The van der Waals surface area contributed by atoms with Crippen molar-refractivity contribution in [2.45, 2.75) is 0 Å². The highest BCUT2D eigenvalue weighted by molar-refractivity contribution is 9.10. The summed E-state index contributed by atoms with van der Waals surface area (Å²) in [7, 11) is 0. The van der Waals surface area contributed by atoms with E-state index in [2.05, 4.69) is 31.9 Å². The van der Waals surface area contributed by atoms with Gasteiger partial charge in [0.1, 0.15) is 5.82 Å². The Morgan fingerprint density at radius 1 is 0.905 bits per heavy atom. The van der Waals surface area contributed by atoms with E-state index in [1.807, 2.05) is 24.3 Å². The molecular weight excluding hydrogens is 399 g/mol. The molecule has 21 heavy (non-hydrogen) atoms. The van der Waals surface area contributed by atoms with E-state index in [4.69, 9.17) is 0 Å². The number of ketones is 1. The Bertz CT molecular complexity index is 859. The lowest BCUT2D eigenvalue weighted by Gasteiger charge is -2.06. The van der Waals surface area contributed by atoms with Crippen molar-refractivity contribution in [3.63, 3.8) is 0 Å². The van der Waals surface area contributed by atoms with Gasteiger partial charge in [-0.15, -0.1) is 0 Å². The standard InChI is InChI=1S/C17H9Br2FO/c18-13-7-6-10-8-12(5-4-11(10)9-13)17(21)14-2-1-3-15(19)16(14)20/h1-9H. The van der Waals surface area contributed by atoms with E-state index in [1.165, 1.54) is 6.07 Å². The molecule has 4 heteroatoms. The summed E-state index contributed by atoms with van der Waals surface area (Å²) in [6.07, 6.45) is 0. The lowest BCUT2D eigenvalue weighted by atomic mass is 10.00. The molecule has 0 N–H and O–H groups in total. The molecule has 1 nitrogen and oxygen atoms in total. The number of benzene rings is 3. The van der Waals surface area contributed by atoms with Crippen LogP contribution < -0.4 is 0 Å². The van der Waals surface area contributed by atoms with Gasteiger partial charge in [-0.2, -0.15) is 0 Å². The van der Waals surface area contributed by atoms with E-state index < -0.39 is 5.82 Å². The number of fused-ring (bicyclic) bond motifs is 1. The predicted molar refractivity (Wildman–Crippen MR) is 89.2 cm³/mol. The fourth-order valence-corrected chi connectivity index (χ4v) is 2.94. The van der Waals surface area contributed by atoms with Crippen LogP contribution in [-0.2, 0) is 0 Å². The zero-order chi connectivity index (χ0) is 15.0. The number of carbonyl (C=O) groups excluding carboxylic acids is 1. The van der Waals surface area contributed by atoms with E-state index in [0.717, 1.165) is 15.2 Å². The second-order valence-corrected chi connectivity index (χ2v) is 6.41. The lowest BCUT2D eigenvalue weighted by Crippen LogP contribution is -2.04. The molecule has 0 atom stereocenters. The first-order valence-corrected chi connectivity index (χ1v) is 7.83. The average molecular weight is 408 g/mol. The first-order valence-electron chi connectivity index (χ1n) is 6.24. The van der Waals surface area contributed by atoms with Gasteiger partial charge in [0.15, 0.2) is 5.78 Å². The molecule has 0 aliphatic rings. The van der Waals surface area contributed by atoms with Gasteiger partial charge in [0, 0.05) is 10.0 Å². The van der Waals surface area contributed by atoms with Gasteiger partial charge in [0.2, 0.25) is 0 Å². The minimum absolute atomic E-state index is 0.0702. The quantitative estimate of drug-likeness (QED) is 0.495. The number of hydrogen-bond donors (Lipinski definition) is 0. The van der Waals surface area contributed by atoms with E-state index >= 15 is 0 Å². The summed E-state index contributed by atoms with van der Waals surface area (Å²) in [4.78, 5) is 12.5. The van der Waals surface area contributed by atoms with Gasteiger partial charge in [-0.1, -0.05) is 40.2 Å². The average Bonchev–Trinajstić information content (AvgIpc) is 2.49. The predicted octanol–water partition coefficient (Wildman–Crippen LogP) is 5.73. The van der Waals surface area contributed by atoms with Crippen LogP contribution in [-0.4, -0.2) is 5.78 Å². The summed E-state index contributed by atoms with van der Waals surface area (Å²) in [6, 6.07) is 15.9. The Morgan fingerprint density at radius 3 is 2.43 bits per heavy atom. The number of rotatable bonds is 2. The Hall–Kier alpha value is -1.52. The van der Waals surface area contributed by atoms with Crippen molar-refractivity contribution < 1.29 is 9.18 Å². The first kappa shape index (κ1) is 14.4. The van der Waals surface area contributed by atoms with Crippen LogP contribution in [0.4, 0.5) is 4.39 Å². The summed E-state index contributed by atoms with van der Waals surface area (Å²) < 4.78 is 15.3. The van der Waals surface area contributed by atoms with Crippen molar-refractivity contribution in [1.82, 2.24) is 0 Å². The molecule has 104 valence electrons. The van der Waals surface area contributed by atoms with Gasteiger partial charge in [-0.25, -0.2) is 4.39 Å². The Labute approximate surface area is 138 Å². The van der Waals surface area contributed by atoms with Crippen LogP contribution in [0.5, 0.6) is 0 Å². The maximum absolute atomic E-state index is 14.0. The van der Waals surface area contributed by atoms with Gasteiger partial charge in [0.05, 0.1) is 10.0 Å². The maximum Gasteiger partial charge on any atom is 0.196 e.